The molecule has 1 aromatic rings. The van der Waals surface area contributed by atoms with Crippen LogP contribution in [-0.2, 0) is 4.79 Å². The van der Waals surface area contributed by atoms with Gasteiger partial charge in [0.25, 0.3) is 5.91 Å². The lowest BCUT2D eigenvalue weighted by Crippen LogP contribution is -2.46. The minimum Gasteiger partial charge on any atom is -0.481 e. The molecule has 5 nitrogen and oxygen atoms in total. The summed E-state index contributed by atoms with van der Waals surface area (Å²) in [7, 11) is 0. The molecule has 0 bridgehead atoms. The summed E-state index contributed by atoms with van der Waals surface area (Å²) in [6, 6.07) is 1.74. The molecule has 0 aliphatic carbocycles. The lowest BCUT2D eigenvalue weighted by molar-refractivity contribution is -0.151. The number of H-pyrrole nitrogens is 1. The Hall–Kier alpha value is -1.30. The highest BCUT2D eigenvalue weighted by atomic mass is 79.9. The Balaban J connectivity index is 2.11. The molecule has 1 aromatic heterocycles. The molecule has 1 fully saturated rings. The van der Waals surface area contributed by atoms with Crippen LogP contribution >= 0.6 is 15.9 Å². The molecule has 1 amide bonds. The predicted molar refractivity (Wildman–Crippen MR) is 78.5 cm³/mol. The van der Waals surface area contributed by atoms with Gasteiger partial charge in [-0.05, 0) is 54.6 Å². The van der Waals surface area contributed by atoms with Gasteiger partial charge in [-0.25, -0.2) is 0 Å². The van der Waals surface area contributed by atoms with Crippen molar-refractivity contribution in [3.8, 4) is 0 Å². The van der Waals surface area contributed by atoms with E-state index in [0.717, 1.165) is 17.3 Å². The van der Waals surface area contributed by atoms with Gasteiger partial charge in [0.2, 0.25) is 0 Å². The molecule has 0 aromatic carbocycles. The average Bonchev–Trinajstić information content (AvgIpc) is 2.84. The summed E-state index contributed by atoms with van der Waals surface area (Å²) >= 11 is 3.31. The Morgan fingerprint density at radius 3 is 2.75 bits per heavy atom. The van der Waals surface area contributed by atoms with Crippen LogP contribution in [0.5, 0.6) is 0 Å². The standard InChI is InChI=1S/C14H19BrN2O3/c1-14(2,13(19)20)9-4-3-5-17(8-9)12(18)11-6-10(15)7-16-11/h6-7,9,16H,3-5,8H2,1-2H3,(H,19,20). The van der Waals surface area contributed by atoms with Gasteiger partial charge in [0, 0.05) is 23.8 Å². The summed E-state index contributed by atoms with van der Waals surface area (Å²) in [5.74, 6) is -0.892. The molecule has 1 atom stereocenters. The Labute approximate surface area is 126 Å². The second-order valence-corrected chi connectivity index (χ2v) is 6.76. The highest BCUT2D eigenvalue weighted by molar-refractivity contribution is 9.10. The molecule has 0 spiro atoms. The van der Waals surface area contributed by atoms with Gasteiger partial charge in [-0.2, -0.15) is 0 Å². The minimum atomic E-state index is -0.810. The smallest absolute Gasteiger partial charge is 0.309 e. The third-order valence-corrected chi connectivity index (χ3v) is 4.62. The van der Waals surface area contributed by atoms with Crippen LogP contribution in [0.3, 0.4) is 0 Å². The Kier molecular flexibility index (Phi) is 4.22. The number of likely N-dealkylation sites (tertiary alicyclic amines) is 1. The summed E-state index contributed by atoms with van der Waals surface area (Å²) < 4.78 is 0.834. The Morgan fingerprint density at radius 1 is 1.50 bits per heavy atom. The molecule has 1 unspecified atom stereocenters. The first-order valence-electron chi connectivity index (χ1n) is 6.69. The normalized spacial score (nSPS) is 19.9. The summed E-state index contributed by atoms with van der Waals surface area (Å²) in [6.07, 6.45) is 3.41. The zero-order chi connectivity index (χ0) is 14.9. The van der Waals surface area contributed by atoms with E-state index in [1.807, 2.05) is 0 Å². The molecule has 6 heteroatoms. The highest BCUT2D eigenvalue weighted by Gasteiger charge is 2.40. The highest BCUT2D eigenvalue weighted by Crippen LogP contribution is 2.34. The van der Waals surface area contributed by atoms with Crippen LogP contribution in [-0.4, -0.2) is 40.0 Å². The number of hydrogen-bond donors (Lipinski definition) is 2. The number of carbonyl (C=O) groups is 2. The van der Waals surface area contributed by atoms with Crippen molar-refractivity contribution in [3.63, 3.8) is 0 Å². The Morgan fingerprint density at radius 2 is 2.20 bits per heavy atom. The molecule has 20 heavy (non-hydrogen) atoms. The van der Waals surface area contributed by atoms with E-state index in [9.17, 15) is 14.7 Å². The molecule has 2 N–H and O–H groups in total. The van der Waals surface area contributed by atoms with Crippen molar-refractivity contribution in [2.45, 2.75) is 26.7 Å². The Bertz CT molecular complexity index is 524. The van der Waals surface area contributed by atoms with E-state index in [-0.39, 0.29) is 11.8 Å². The van der Waals surface area contributed by atoms with Crippen LogP contribution in [0.1, 0.15) is 37.2 Å². The van der Waals surface area contributed by atoms with E-state index in [4.69, 9.17) is 0 Å². The van der Waals surface area contributed by atoms with Crippen LogP contribution in [0.25, 0.3) is 0 Å². The van der Waals surface area contributed by atoms with Gasteiger partial charge in [0.1, 0.15) is 5.69 Å². The first-order valence-corrected chi connectivity index (χ1v) is 7.48. The summed E-state index contributed by atoms with van der Waals surface area (Å²) in [5.41, 5.74) is -0.277. The van der Waals surface area contributed by atoms with Crippen molar-refractivity contribution in [3.05, 3.63) is 22.4 Å². The van der Waals surface area contributed by atoms with E-state index in [1.54, 1.807) is 31.0 Å². The number of halogens is 1. The number of carboxylic acid groups (broad SMARTS) is 1. The lowest BCUT2D eigenvalue weighted by atomic mass is 9.74. The zero-order valence-corrected chi connectivity index (χ0v) is 13.2. The van der Waals surface area contributed by atoms with E-state index in [1.165, 1.54) is 0 Å². The topological polar surface area (TPSA) is 73.4 Å². The number of nitrogens with zero attached hydrogens (tertiary/aromatic N) is 1. The van der Waals surface area contributed by atoms with E-state index >= 15 is 0 Å². The van der Waals surface area contributed by atoms with Gasteiger partial charge in [0.05, 0.1) is 5.41 Å². The van der Waals surface area contributed by atoms with Gasteiger partial charge >= 0.3 is 5.97 Å². The van der Waals surface area contributed by atoms with Crippen LogP contribution < -0.4 is 0 Å². The number of hydrogen-bond acceptors (Lipinski definition) is 2. The predicted octanol–water partition coefficient (Wildman–Crippen LogP) is 2.74. The van der Waals surface area contributed by atoms with Crippen LogP contribution in [0.2, 0.25) is 0 Å². The minimum absolute atomic E-state index is 0.0175. The SMILES string of the molecule is CC(C)(C(=O)O)C1CCCN(C(=O)c2cc(Br)c[nH]2)C1. The quantitative estimate of drug-likeness (QED) is 0.886. The number of amides is 1. The van der Waals surface area contributed by atoms with Gasteiger partial charge in [-0.3, -0.25) is 9.59 Å². The number of carbonyl (C=O) groups excluding carboxylic acids is 1. The number of carboxylic acids is 1. The molecule has 110 valence electrons. The lowest BCUT2D eigenvalue weighted by Gasteiger charge is -2.39. The van der Waals surface area contributed by atoms with Gasteiger partial charge in [-0.15, -0.1) is 0 Å². The maximum absolute atomic E-state index is 12.4. The fraction of sp³-hybridized carbons (Fsp3) is 0.571. The van der Waals surface area contributed by atoms with Gasteiger partial charge < -0.3 is 15.0 Å². The van der Waals surface area contributed by atoms with Crippen LogP contribution in [0, 0.1) is 11.3 Å². The molecule has 1 saturated heterocycles. The van der Waals surface area contributed by atoms with Crippen molar-refractivity contribution in [2.75, 3.05) is 13.1 Å². The number of aromatic amines is 1. The van der Waals surface area contributed by atoms with Crippen molar-refractivity contribution in [1.82, 2.24) is 9.88 Å². The fourth-order valence-corrected chi connectivity index (χ4v) is 2.93. The number of nitrogens with one attached hydrogen (secondary N) is 1. The average molecular weight is 343 g/mol. The van der Waals surface area contributed by atoms with Crippen molar-refractivity contribution in [2.24, 2.45) is 11.3 Å². The maximum atomic E-state index is 12.4. The van der Waals surface area contributed by atoms with E-state index in [0.29, 0.717) is 18.8 Å². The van der Waals surface area contributed by atoms with Crippen LogP contribution in [0.4, 0.5) is 0 Å². The summed E-state index contributed by atoms with van der Waals surface area (Å²) in [4.78, 5) is 28.4. The molecule has 2 heterocycles. The third-order valence-electron chi connectivity index (χ3n) is 4.16. The number of rotatable bonds is 3. The largest absolute Gasteiger partial charge is 0.481 e. The molecule has 0 saturated carbocycles. The first kappa shape index (κ1) is 15.1. The van der Waals surface area contributed by atoms with Crippen LogP contribution in [0.15, 0.2) is 16.7 Å². The molecule has 1 aliphatic heterocycles. The second kappa shape index (κ2) is 5.60. The van der Waals surface area contributed by atoms with E-state index < -0.39 is 11.4 Å². The zero-order valence-electron chi connectivity index (χ0n) is 11.6. The van der Waals surface area contributed by atoms with Gasteiger partial charge in [-0.1, -0.05) is 0 Å². The van der Waals surface area contributed by atoms with Crippen molar-refractivity contribution >= 4 is 27.8 Å². The van der Waals surface area contributed by atoms with E-state index in [2.05, 4.69) is 20.9 Å². The first-order chi connectivity index (χ1) is 9.32. The molecule has 2 rings (SSSR count). The summed E-state index contributed by atoms with van der Waals surface area (Å²) in [5, 5.41) is 9.32. The molecular weight excluding hydrogens is 324 g/mol. The number of aromatic nitrogens is 1. The third kappa shape index (κ3) is 2.90. The maximum Gasteiger partial charge on any atom is 0.309 e. The molecule has 1 aliphatic rings. The number of aliphatic carboxylic acids is 1. The monoisotopic (exact) mass is 342 g/mol. The number of piperidine rings is 1. The fourth-order valence-electron chi connectivity index (χ4n) is 2.59. The van der Waals surface area contributed by atoms with Crippen molar-refractivity contribution < 1.29 is 14.7 Å². The molecule has 0 radical (unpaired) electrons. The van der Waals surface area contributed by atoms with Gasteiger partial charge in [0.15, 0.2) is 0 Å². The second-order valence-electron chi connectivity index (χ2n) is 5.85. The summed E-state index contributed by atoms with van der Waals surface area (Å²) in [6.45, 7) is 4.65. The molecular formula is C14H19BrN2O3. The van der Waals surface area contributed by atoms with Crippen molar-refractivity contribution in [1.29, 1.82) is 0 Å².